The van der Waals surface area contributed by atoms with E-state index in [1.165, 1.54) is 32.8 Å². The fourth-order valence-electron chi connectivity index (χ4n) is 18.9. The van der Waals surface area contributed by atoms with Crippen LogP contribution in [-0.4, -0.2) is 13.4 Å². The minimum atomic E-state index is -0.312. The maximum Gasteiger partial charge on any atom is 0.252 e. The summed E-state index contributed by atoms with van der Waals surface area (Å²) in [6.45, 7) is -0.610. The van der Waals surface area contributed by atoms with Crippen LogP contribution in [0.1, 0.15) is 0 Å². The lowest BCUT2D eigenvalue weighted by Crippen LogP contribution is -2.65. The van der Waals surface area contributed by atoms with Crippen LogP contribution < -0.4 is 62.2 Å². The number of para-hydroxylation sites is 10. The Morgan fingerprint density at radius 1 is 0.164 bits per heavy atom. The van der Waals surface area contributed by atoms with Crippen LogP contribution in [0, 0.1) is 0 Å². The standard InChI is InChI=1S/C108H74B2N6/c1-11-39-75(40-12-1)87-59-31-34-66-96(87)114-100-74-99-94(73-95(100)110-93-65-33-36-68-98(93)116(108-90(78-45-17-4-18-46-78)62-38-63-91(108)79-47-19-5-20-48-79)104-72-86(70-102(114)106(104)110)112(82-53-25-8-26-54-82)83-55-27-9-28-56-83)109-92-64-32-35-67-97(92)115(107-88(76-41-13-2-14-42-76)60-37-61-89(107)77-43-15-3-16-44-77)103-71-85(69-101(105(103)109)113(99)84-57-29-10-30-58-84)111(80-49-21-6-22-50-80)81-51-23-7-24-52-81/h1-74H. The van der Waals surface area contributed by atoms with E-state index < -0.39 is 0 Å². The molecule has 6 nitrogen and oxygen atoms in total. The van der Waals surface area contributed by atoms with Gasteiger partial charge in [-0.15, -0.1) is 0 Å². The van der Waals surface area contributed by atoms with E-state index in [-0.39, 0.29) is 13.4 Å². The van der Waals surface area contributed by atoms with Crippen LogP contribution in [0.3, 0.4) is 0 Å². The lowest BCUT2D eigenvalue weighted by Gasteiger charge is -2.48. The van der Waals surface area contributed by atoms with Gasteiger partial charge in [-0.3, -0.25) is 0 Å². The molecular weight excluding hydrogens is 1400 g/mol. The third-order valence-electron chi connectivity index (χ3n) is 23.7. The summed E-state index contributed by atoms with van der Waals surface area (Å²) in [6, 6.07) is 167. The van der Waals surface area contributed by atoms with Crippen molar-refractivity contribution in [1.29, 1.82) is 0 Å². The average molecular weight is 1480 g/mol. The van der Waals surface area contributed by atoms with Crippen LogP contribution >= 0.6 is 0 Å². The molecule has 0 spiro atoms. The Labute approximate surface area is 678 Å². The molecule has 542 valence electrons. The van der Waals surface area contributed by atoms with Crippen LogP contribution in [0.2, 0.25) is 0 Å². The van der Waals surface area contributed by atoms with Crippen molar-refractivity contribution in [3.63, 3.8) is 0 Å². The summed E-state index contributed by atoms with van der Waals surface area (Å²) in [7, 11) is 0. The Balaban J connectivity index is 0.894. The van der Waals surface area contributed by atoms with Gasteiger partial charge in [0.15, 0.2) is 0 Å². The largest absolute Gasteiger partial charge is 0.311 e. The molecule has 0 fully saturated rings. The van der Waals surface area contributed by atoms with E-state index in [9.17, 15) is 0 Å². The van der Waals surface area contributed by atoms with Gasteiger partial charge in [0, 0.05) is 102 Å². The highest BCUT2D eigenvalue weighted by Crippen LogP contribution is 2.57. The van der Waals surface area contributed by atoms with Crippen molar-refractivity contribution < 1.29 is 0 Å². The predicted molar refractivity (Wildman–Crippen MR) is 491 cm³/mol. The third-order valence-corrected chi connectivity index (χ3v) is 23.7. The third kappa shape index (κ3) is 11.3. The molecule has 0 aliphatic carbocycles. The quantitative estimate of drug-likeness (QED) is 0.0946. The van der Waals surface area contributed by atoms with Crippen LogP contribution in [0.25, 0.3) is 55.6 Å². The van der Waals surface area contributed by atoms with Gasteiger partial charge in [-0.05, 0) is 170 Å². The molecule has 22 rings (SSSR count). The highest BCUT2D eigenvalue weighted by Gasteiger charge is 2.50. The summed E-state index contributed by atoms with van der Waals surface area (Å²) >= 11 is 0. The van der Waals surface area contributed by atoms with Crippen LogP contribution in [0.5, 0.6) is 0 Å². The lowest BCUT2D eigenvalue weighted by molar-refractivity contribution is 1.21. The lowest BCUT2D eigenvalue weighted by atomic mass is 9.30. The Bertz CT molecular complexity index is 6530. The molecule has 0 amide bonds. The van der Waals surface area contributed by atoms with Crippen molar-refractivity contribution >= 4 is 149 Å². The first-order valence-electron chi connectivity index (χ1n) is 40.0. The second-order valence-electron chi connectivity index (χ2n) is 30.2. The first-order chi connectivity index (χ1) is 57.6. The molecule has 8 heteroatoms. The summed E-state index contributed by atoms with van der Waals surface area (Å²) in [5.74, 6) is 0. The molecule has 0 atom stereocenters. The van der Waals surface area contributed by atoms with Crippen molar-refractivity contribution in [3.05, 3.63) is 449 Å². The number of benzene rings is 18. The fraction of sp³-hybridized carbons (Fsp3) is 0. The van der Waals surface area contributed by atoms with E-state index >= 15 is 0 Å². The maximum atomic E-state index is 2.68. The first kappa shape index (κ1) is 67.8. The van der Waals surface area contributed by atoms with Gasteiger partial charge >= 0.3 is 0 Å². The molecule has 18 aromatic carbocycles. The number of fused-ring (bicyclic) bond motifs is 8. The Kier molecular flexibility index (Phi) is 16.7. The summed E-state index contributed by atoms with van der Waals surface area (Å²) < 4.78 is 0. The highest BCUT2D eigenvalue weighted by atomic mass is 15.2. The van der Waals surface area contributed by atoms with Gasteiger partial charge in [0.25, 0.3) is 13.4 Å². The van der Waals surface area contributed by atoms with Gasteiger partial charge in [-0.1, -0.05) is 340 Å². The Morgan fingerprint density at radius 3 is 0.793 bits per heavy atom. The molecule has 4 aliphatic rings. The number of hydrogen-bond donors (Lipinski definition) is 0. The Morgan fingerprint density at radius 2 is 0.431 bits per heavy atom. The van der Waals surface area contributed by atoms with Gasteiger partial charge < -0.3 is 29.4 Å². The van der Waals surface area contributed by atoms with Crippen molar-refractivity contribution in [2.24, 2.45) is 0 Å². The highest BCUT2D eigenvalue weighted by molar-refractivity contribution is 7.03. The monoisotopic (exact) mass is 1480 g/mol. The second kappa shape index (κ2) is 28.6. The number of nitrogens with zero attached hydrogens (tertiary/aromatic N) is 6. The molecule has 4 heterocycles. The van der Waals surface area contributed by atoms with Crippen LogP contribution in [0.15, 0.2) is 449 Å². The number of rotatable bonds is 15. The van der Waals surface area contributed by atoms with Crippen molar-refractivity contribution in [2.75, 3.05) is 29.4 Å². The molecule has 0 N–H and O–H groups in total. The fourth-order valence-corrected chi connectivity index (χ4v) is 18.9. The van der Waals surface area contributed by atoms with Crippen molar-refractivity contribution in [3.8, 4) is 55.6 Å². The van der Waals surface area contributed by atoms with E-state index in [0.29, 0.717) is 0 Å². The molecule has 18 aromatic rings. The van der Waals surface area contributed by atoms with Crippen LogP contribution in [-0.2, 0) is 0 Å². The summed E-state index contributed by atoms with van der Waals surface area (Å²) in [4.78, 5) is 15.5. The second-order valence-corrected chi connectivity index (χ2v) is 30.2. The zero-order valence-electron chi connectivity index (χ0n) is 63.6. The summed E-state index contributed by atoms with van der Waals surface area (Å²) in [5, 5.41) is 0. The van der Waals surface area contributed by atoms with Gasteiger partial charge in [0.2, 0.25) is 0 Å². The molecule has 0 saturated heterocycles. The zero-order valence-corrected chi connectivity index (χ0v) is 63.6. The Hall–Kier alpha value is -15.1. The van der Waals surface area contributed by atoms with Crippen molar-refractivity contribution in [2.45, 2.75) is 0 Å². The molecule has 0 aromatic heterocycles. The minimum absolute atomic E-state index is 0.298. The van der Waals surface area contributed by atoms with E-state index in [2.05, 4.69) is 478 Å². The van der Waals surface area contributed by atoms with E-state index in [1.54, 1.807) is 0 Å². The van der Waals surface area contributed by atoms with Gasteiger partial charge in [0.1, 0.15) is 0 Å². The minimum Gasteiger partial charge on any atom is -0.311 e. The molecule has 0 bridgehead atoms. The number of anilines is 18. The van der Waals surface area contributed by atoms with Gasteiger partial charge in [0.05, 0.1) is 28.4 Å². The molecule has 4 aliphatic heterocycles. The zero-order chi connectivity index (χ0) is 76.6. The molecular formula is C108H74B2N6. The van der Waals surface area contributed by atoms with Gasteiger partial charge in [-0.25, -0.2) is 0 Å². The molecule has 116 heavy (non-hydrogen) atoms. The molecule has 0 radical (unpaired) electrons. The number of hydrogen-bond acceptors (Lipinski definition) is 6. The summed E-state index contributed by atoms with van der Waals surface area (Å²) in [6.07, 6.45) is 0. The maximum absolute atomic E-state index is 2.68. The predicted octanol–water partition coefficient (Wildman–Crippen LogP) is 25.1. The van der Waals surface area contributed by atoms with E-state index in [4.69, 9.17) is 0 Å². The van der Waals surface area contributed by atoms with Crippen molar-refractivity contribution in [1.82, 2.24) is 0 Å². The van der Waals surface area contributed by atoms with E-state index in [1.807, 2.05) is 0 Å². The molecule has 0 unspecified atom stereocenters. The van der Waals surface area contributed by atoms with E-state index in [0.717, 1.165) is 158 Å². The first-order valence-corrected chi connectivity index (χ1v) is 40.0. The smallest absolute Gasteiger partial charge is 0.252 e. The normalized spacial score (nSPS) is 12.6. The average Bonchev–Trinajstić information content (AvgIpc) is 0.683. The SMILES string of the molecule is c1ccc(-c2ccccc2N2c3cc4c(cc3B3c5ccccc5N(c5c(-c6ccccc6)cccc5-c5ccccc5)c5cc(N(c6ccccc6)c6ccccc6)cc2c53)B2c3ccccc3N(c3c(-c5ccccc5)cccc3-c3ccccc3)c3cc(N(c5ccccc5)c5ccccc5)cc(c32)N4c2ccccc2)cc1. The van der Waals surface area contributed by atoms with Gasteiger partial charge in [-0.2, -0.15) is 0 Å². The molecule has 0 saturated carbocycles. The van der Waals surface area contributed by atoms with Crippen LogP contribution in [0.4, 0.5) is 102 Å². The summed E-state index contributed by atoms with van der Waals surface area (Å²) in [5.41, 5.74) is 37.7. The topological polar surface area (TPSA) is 19.4 Å².